The van der Waals surface area contributed by atoms with E-state index in [0.717, 1.165) is 43.4 Å². The van der Waals surface area contributed by atoms with Crippen LogP contribution in [0.4, 0.5) is 0 Å². The first-order chi connectivity index (χ1) is 8.59. The molecule has 1 N–H and O–H groups in total. The molecule has 0 radical (unpaired) electrons. The van der Waals surface area contributed by atoms with Gasteiger partial charge < -0.3 is 5.32 Å². The number of sulfonamides is 1. The molecule has 0 amide bonds. The predicted molar refractivity (Wildman–Crippen MR) is 77.5 cm³/mol. The number of hydrogen-bond donors (Lipinski definition) is 1. The summed E-state index contributed by atoms with van der Waals surface area (Å²) in [5, 5.41) is 3.42. The van der Waals surface area contributed by atoms with E-state index in [1.165, 1.54) is 12.8 Å². The highest BCUT2D eigenvalue weighted by Gasteiger charge is 2.28. The third kappa shape index (κ3) is 4.40. The average Bonchev–Trinajstić information content (AvgIpc) is 3.00. The molecule has 1 saturated carbocycles. The lowest BCUT2D eigenvalue weighted by molar-refractivity contribution is 0.393. The van der Waals surface area contributed by atoms with Crippen LogP contribution >= 0.6 is 11.8 Å². The molecule has 0 aromatic carbocycles. The summed E-state index contributed by atoms with van der Waals surface area (Å²) < 4.78 is 25.9. The molecule has 0 aromatic heterocycles. The Balaban J connectivity index is 1.65. The Hall–Kier alpha value is 0.220. The van der Waals surface area contributed by atoms with Gasteiger partial charge in [0.15, 0.2) is 0 Å². The number of unbranched alkanes of at least 4 members (excludes halogenated alkanes) is 1. The Labute approximate surface area is 115 Å². The lowest BCUT2D eigenvalue weighted by Crippen LogP contribution is -2.38. The first-order valence-electron chi connectivity index (χ1n) is 6.86. The summed E-state index contributed by atoms with van der Waals surface area (Å²) in [4.78, 5) is 0. The van der Waals surface area contributed by atoms with E-state index in [0.29, 0.717) is 5.75 Å². The normalized spacial score (nSPS) is 24.9. The van der Waals surface area contributed by atoms with Crippen molar-refractivity contribution >= 4 is 21.8 Å². The molecule has 1 aliphatic carbocycles. The maximum absolute atomic E-state index is 12.1. The van der Waals surface area contributed by atoms with Gasteiger partial charge in [-0.1, -0.05) is 0 Å². The van der Waals surface area contributed by atoms with Crippen LogP contribution in [0.15, 0.2) is 0 Å². The second-order valence-corrected chi connectivity index (χ2v) is 8.58. The highest BCUT2D eigenvalue weighted by Crippen LogP contribution is 2.23. The van der Waals surface area contributed by atoms with E-state index in [2.05, 4.69) is 5.32 Å². The summed E-state index contributed by atoms with van der Waals surface area (Å²) in [6.45, 7) is 0.961. The fourth-order valence-corrected chi connectivity index (χ4v) is 5.04. The molecule has 2 fully saturated rings. The van der Waals surface area contributed by atoms with Crippen LogP contribution in [0.3, 0.4) is 0 Å². The zero-order chi connectivity index (χ0) is 13.0. The zero-order valence-electron chi connectivity index (χ0n) is 11.1. The van der Waals surface area contributed by atoms with Gasteiger partial charge in [-0.05, 0) is 44.4 Å². The smallest absolute Gasteiger partial charge is 0.214 e. The van der Waals surface area contributed by atoms with E-state index < -0.39 is 10.0 Å². The fraction of sp³-hybridized carbons (Fsp3) is 1.00. The van der Waals surface area contributed by atoms with Crippen molar-refractivity contribution in [3.05, 3.63) is 0 Å². The van der Waals surface area contributed by atoms with E-state index in [4.69, 9.17) is 0 Å². The SMILES string of the molecule is CN(C1CCSC1)S(=O)(=O)CCCCNC1CC1. The predicted octanol–water partition coefficient (Wildman–Crippen LogP) is 1.29. The summed E-state index contributed by atoms with van der Waals surface area (Å²) in [7, 11) is -1.29. The molecule has 0 bridgehead atoms. The summed E-state index contributed by atoms with van der Waals surface area (Å²) in [5.74, 6) is 2.35. The Morgan fingerprint density at radius 1 is 1.28 bits per heavy atom. The van der Waals surface area contributed by atoms with Gasteiger partial charge in [0.25, 0.3) is 0 Å². The monoisotopic (exact) mass is 292 g/mol. The molecule has 106 valence electrons. The molecular weight excluding hydrogens is 268 g/mol. The first kappa shape index (κ1) is 14.6. The molecule has 2 rings (SSSR count). The van der Waals surface area contributed by atoms with Crippen molar-refractivity contribution in [1.29, 1.82) is 0 Å². The van der Waals surface area contributed by atoms with Crippen molar-refractivity contribution in [2.45, 2.75) is 44.2 Å². The standard InChI is InChI=1S/C12H24N2O2S2/c1-14(12-6-8-17-10-12)18(15,16)9-3-2-7-13-11-4-5-11/h11-13H,2-10H2,1H3. The van der Waals surface area contributed by atoms with Crippen LogP contribution in [0.5, 0.6) is 0 Å². The number of hydrogen-bond acceptors (Lipinski definition) is 4. The molecule has 0 aromatic rings. The van der Waals surface area contributed by atoms with E-state index in [-0.39, 0.29) is 6.04 Å². The van der Waals surface area contributed by atoms with Gasteiger partial charge in [-0.25, -0.2) is 12.7 Å². The molecular formula is C12H24N2O2S2. The maximum atomic E-state index is 12.1. The van der Waals surface area contributed by atoms with Crippen molar-refractivity contribution in [3.63, 3.8) is 0 Å². The molecule has 4 nitrogen and oxygen atoms in total. The van der Waals surface area contributed by atoms with Crippen molar-refractivity contribution < 1.29 is 8.42 Å². The quantitative estimate of drug-likeness (QED) is 0.685. The number of rotatable bonds is 8. The van der Waals surface area contributed by atoms with Crippen molar-refractivity contribution in [1.82, 2.24) is 9.62 Å². The van der Waals surface area contributed by atoms with Crippen LogP contribution in [0.1, 0.15) is 32.1 Å². The third-order valence-electron chi connectivity index (χ3n) is 3.70. The van der Waals surface area contributed by atoms with Gasteiger partial charge in [-0.15, -0.1) is 0 Å². The third-order valence-corrected chi connectivity index (χ3v) is 6.82. The van der Waals surface area contributed by atoms with Crippen LogP contribution in [0, 0.1) is 0 Å². The van der Waals surface area contributed by atoms with E-state index in [1.54, 1.807) is 11.4 Å². The summed E-state index contributed by atoms with van der Waals surface area (Å²) in [6, 6.07) is 0.949. The minimum absolute atomic E-state index is 0.226. The summed E-state index contributed by atoms with van der Waals surface area (Å²) in [5.41, 5.74) is 0. The van der Waals surface area contributed by atoms with E-state index in [9.17, 15) is 8.42 Å². The Morgan fingerprint density at radius 2 is 2.06 bits per heavy atom. The van der Waals surface area contributed by atoms with Gasteiger partial charge >= 0.3 is 0 Å². The fourth-order valence-electron chi connectivity index (χ4n) is 2.18. The highest BCUT2D eigenvalue weighted by atomic mass is 32.2. The number of thioether (sulfide) groups is 1. The molecule has 6 heteroatoms. The van der Waals surface area contributed by atoms with Crippen LogP contribution in [-0.4, -0.2) is 55.7 Å². The van der Waals surface area contributed by atoms with Gasteiger partial charge in [0.2, 0.25) is 10.0 Å². The van der Waals surface area contributed by atoms with Crippen LogP contribution in [0.25, 0.3) is 0 Å². The molecule has 0 spiro atoms. The molecule has 1 saturated heterocycles. The van der Waals surface area contributed by atoms with Gasteiger partial charge in [-0.3, -0.25) is 0 Å². The van der Waals surface area contributed by atoms with Gasteiger partial charge in [-0.2, -0.15) is 11.8 Å². The van der Waals surface area contributed by atoms with Crippen molar-refractivity contribution in [2.75, 3.05) is 30.9 Å². The van der Waals surface area contributed by atoms with Crippen LogP contribution in [0.2, 0.25) is 0 Å². The Kier molecular flexibility index (Phi) is 5.35. The molecule has 1 atom stereocenters. The molecule has 1 aliphatic heterocycles. The van der Waals surface area contributed by atoms with Crippen molar-refractivity contribution in [3.8, 4) is 0 Å². The zero-order valence-corrected chi connectivity index (χ0v) is 12.7. The number of nitrogens with zero attached hydrogens (tertiary/aromatic N) is 1. The largest absolute Gasteiger partial charge is 0.314 e. The maximum Gasteiger partial charge on any atom is 0.214 e. The summed E-state index contributed by atoms with van der Waals surface area (Å²) >= 11 is 1.85. The molecule has 1 heterocycles. The second-order valence-electron chi connectivity index (χ2n) is 5.29. The highest BCUT2D eigenvalue weighted by molar-refractivity contribution is 7.99. The van der Waals surface area contributed by atoms with Crippen molar-refractivity contribution in [2.24, 2.45) is 0 Å². The summed E-state index contributed by atoms with van der Waals surface area (Å²) in [6.07, 6.45) is 5.32. The molecule has 18 heavy (non-hydrogen) atoms. The second kappa shape index (κ2) is 6.59. The Morgan fingerprint density at radius 3 is 2.67 bits per heavy atom. The molecule has 2 aliphatic rings. The van der Waals surface area contributed by atoms with Gasteiger partial charge in [0.05, 0.1) is 5.75 Å². The topological polar surface area (TPSA) is 49.4 Å². The van der Waals surface area contributed by atoms with Gasteiger partial charge in [0.1, 0.15) is 0 Å². The average molecular weight is 292 g/mol. The lowest BCUT2D eigenvalue weighted by atomic mass is 10.3. The van der Waals surface area contributed by atoms with Gasteiger partial charge in [0, 0.05) is 24.9 Å². The minimum atomic E-state index is -3.04. The number of nitrogens with one attached hydrogen (secondary N) is 1. The first-order valence-corrected chi connectivity index (χ1v) is 9.63. The van der Waals surface area contributed by atoms with E-state index in [1.807, 2.05) is 11.8 Å². The van der Waals surface area contributed by atoms with Crippen LogP contribution in [-0.2, 0) is 10.0 Å². The minimum Gasteiger partial charge on any atom is -0.314 e. The van der Waals surface area contributed by atoms with Crippen LogP contribution < -0.4 is 5.32 Å². The molecule has 1 unspecified atom stereocenters. The Bertz CT molecular complexity index is 349. The lowest BCUT2D eigenvalue weighted by Gasteiger charge is -2.23. The van der Waals surface area contributed by atoms with E-state index >= 15 is 0 Å².